The number of imidazole rings is 2. The van der Waals surface area contributed by atoms with Gasteiger partial charge in [0, 0.05) is 61.5 Å². The molecule has 23 heteroatoms. The van der Waals surface area contributed by atoms with E-state index in [-0.39, 0.29) is 24.9 Å². The van der Waals surface area contributed by atoms with Crippen molar-refractivity contribution in [1.29, 1.82) is 0 Å². The van der Waals surface area contributed by atoms with Crippen LogP contribution in [0.1, 0.15) is 93.3 Å². The van der Waals surface area contributed by atoms with Gasteiger partial charge in [-0.3, -0.25) is 19.3 Å². The zero-order chi connectivity index (χ0) is 55.9. The maximum atomic E-state index is 13.7. The average Bonchev–Trinajstić information content (AvgIpc) is 3.87. The van der Waals surface area contributed by atoms with Gasteiger partial charge in [-0.05, 0) is 78.3 Å². The van der Waals surface area contributed by atoms with Crippen LogP contribution in [0.25, 0.3) is 22.1 Å². The van der Waals surface area contributed by atoms with E-state index >= 15 is 0 Å². The Labute approximate surface area is 448 Å². The number of carbonyl (C=O) groups is 5. The van der Waals surface area contributed by atoms with E-state index in [2.05, 4.69) is 56.0 Å². The molecule has 0 radical (unpaired) electrons. The third kappa shape index (κ3) is 18.3. The molecule has 0 spiro atoms. The minimum atomic E-state index is -4.85. The number of nitrogens with one attached hydrogen (secondary N) is 1. The highest BCUT2D eigenvalue weighted by atomic mass is 79.9. The molecule has 0 aliphatic carbocycles. The van der Waals surface area contributed by atoms with Gasteiger partial charge in [0.05, 0.1) is 57.6 Å². The van der Waals surface area contributed by atoms with Crippen LogP contribution in [-0.2, 0) is 66.0 Å². The highest BCUT2D eigenvalue weighted by Crippen LogP contribution is 2.32. The number of nitrogens with zero attached hydrogens (tertiary/aromatic N) is 6. The van der Waals surface area contributed by atoms with Gasteiger partial charge in [-0.15, -0.1) is 0 Å². The Morgan fingerprint density at radius 1 is 0.811 bits per heavy atom. The number of alkyl carbamates (subject to hydrolysis) is 1. The minimum absolute atomic E-state index is 0.0638. The number of alkyl halides is 3. The Morgan fingerprint density at radius 3 is 1.91 bits per heavy atom. The van der Waals surface area contributed by atoms with Gasteiger partial charge in [-0.1, -0.05) is 63.9 Å². The summed E-state index contributed by atoms with van der Waals surface area (Å²) in [6.07, 6.45) is -4.78. The highest BCUT2D eigenvalue weighted by molar-refractivity contribution is 9.10. The molecule has 410 valence electrons. The fourth-order valence-electron chi connectivity index (χ4n) is 7.33. The summed E-state index contributed by atoms with van der Waals surface area (Å²) in [4.78, 5) is 67.8. The van der Waals surface area contributed by atoms with Crippen molar-refractivity contribution in [2.75, 3.05) is 68.0 Å². The molecule has 0 fully saturated rings. The first-order chi connectivity index (χ1) is 35.0. The fraction of sp³-hybridized carbons (Fsp3) is 0.510. The summed E-state index contributed by atoms with van der Waals surface area (Å²) in [7, 11) is 5.53. The molecule has 5 aromatic rings. The van der Waals surface area contributed by atoms with Crippen molar-refractivity contribution in [2.45, 2.75) is 107 Å². The van der Waals surface area contributed by atoms with Crippen LogP contribution in [0.15, 0.2) is 57.5 Å². The number of hydrogen-bond acceptors (Lipinski definition) is 12. The first-order valence-corrected chi connectivity index (χ1v) is 25.4. The number of aromatic nitrogens is 4. The van der Waals surface area contributed by atoms with Crippen LogP contribution in [0.3, 0.4) is 0 Å². The van der Waals surface area contributed by atoms with Crippen LogP contribution >= 0.6 is 31.9 Å². The zero-order valence-corrected chi connectivity index (χ0v) is 47.7. The topological polar surface area (TPSA) is 186 Å². The second-order valence-electron chi connectivity index (χ2n) is 16.6. The number of esters is 1. The molecule has 0 saturated heterocycles. The molecule has 0 bridgehead atoms. The summed E-state index contributed by atoms with van der Waals surface area (Å²) in [6.45, 7) is 22.3. The standard InChI is InChI=1S/C24H37BrN4O5.C22H24BrN3O4.C3H3F3O2.C2H6/c1-8-28-19-15-17(25)14-18(22(30)27(10-12-32-6)11-13-33-7)21(19)29(9-2)20(28)16-26-23(31)34-24(3,4)5;1-4-26-20(13-25(14-27)22(28)17-8-6-5-7-15(17)2)24-18-11-16(23)12-19(21(18)26)30-10-9-29-3;1-8-2(7)3(4,5)6;1-2/h14-15H,8-13,16H2,1-7H3;5-8,11-12,14H,4,9-10,13H2,1-3H3;1H3;1-2H3/p+1. The lowest BCUT2D eigenvalue weighted by atomic mass is 10.1. The predicted molar refractivity (Wildman–Crippen MR) is 281 cm³/mol. The van der Waals surface area contributed by atoms with Crippen molar-refractivity contribution in [2.24, 2.45) is 0 Å². The number of hydrogen-bond donors (Lipinski definition) is 1. The van der Waals surface area contributed by atoms with E-state index in [9.17, 15) is 37.1 Å². The van der Waals surface area contributed by atoms with Crippen LogP contribution in [0.2, 0.25) is 0 Å². The predicted octanol–water partition coefficient (Wildman–Crippen LogP) is 9.19. The Balaban J connectivity index is 0.000000431. The Hall–Kier alpha value is -5.62. The smallest absolute Gasteiger partial charge is 0.489 e. The van der Waals surface area contributed by atoms with E-state index in [1.54, 1.807) is 38.4 Å². The maximum absolute atomic E-state index is 13.7. The number of fused-ring (bicyclic) bond motifs is 2. The third-order valence-corrected chi connectivity index (χ3v) is 11.4. The van der Waals surface area contributed by atoms with Gasteiger partial charge in [0.25, 0.3) is 17.6 Å². The van der Waals surface area contributed by atoms with Crippen LogP contribution < -0.4 is 14.6 Å². The molecule has 1 N–H and O–H groups in total. The summed E-state index contributed by atoms with van der Waals surface area (Å²) in [5.74, 6) is -0.454. The molecular formula is C51H71Br2F3N7O11+. The summed E-state index contributed by atoms with van der Waals surface area (Å²) in [5.41, 5.74) is 4.61. The average molecular weight is 1170 g/mol. The number of amides is 4. The fourth-order valence-corrected chi connectivity index (χ4v) is 8.20. The molecule has 18 nitrogen and oxygen atoms in total. The molecule has 3 aromatic carbocycles. The lowest BCUT2D eigenvalue weighted by Crippen LogP contribution is -2.43. The van der Waals surface area contributed by atoms with Crippen molar-refractivity contribution in [3.63, 3.8) is 0 Å². The zero-order valence-electron chi connectivity index (χ0n) is 44.5. The monoisotopic (exact) mass is 1170 g/mol. The Kier molecular flexibility index (Phi) is 27.3. The molecule has 2 heterocycles. The number of ether oxygens (including phenoxy) is 6. The SMILES string of the molecule is CC.CCn1c(CN(C=O)C(=O)c2ccccc2C)nc2cc(Br)cc(OCCOC)c21.CCn1c(CNC(=O)OC(C)(C)C)[n+](CC)c2c(C(=O)N(CCOC)CCOC)cc(Br)cc21.COC(=O)C(F)(F)F. The van der Waals surface area contributed by atoms with Gasteiger partial charge in [-0.2, -0.15) is 13.2 Å². The van der Waals surface area contributed by atoms with Crippen LogP contribution in [-0.4, -0.2) is 134 Å². The number of aryl methyl sites for hydroxylation is 4. The Morgan fingerprint density at radius 2 is 1.41 bits per heavy atom. The molecule has 5 rings (SSSR count). The van der Waals surface area contributed by atoms with Crippen molar-refractivity contribution >= 4 is 84.2 Å². The van der Waals surface area contributed by atoms with E-state index in [1.807, 2.05) is 103 Å². The van der Waals surface area contributed by atoms with E-state index in [0.717, 1.165) is 47.3 Å². The lowest BCUT2D eigenvalue weighted by Gasteiger charge is -2.22. The van der Waals surface area contributed by atoms with Gasteiger partial charge in [-0.25, -0.2) is 23.7 Å². The number of benzene rings is 3. The number of methoxy groups -OCH3 is 4. The normalized spacial score (nSPS) is 11.1. The second-order valence-corrected chi connectivity index (χ2v) is 18.4. The number of rotatable bonds is 20. The van der Waals surface area contributed by atoms with Gasteiger partial charge < -0.3 is 43.2 Å². The first-order valence-electron chi connectivity index (χ1n) is 23.8. The van der Waals surface area contributed by atoms with E-state index in [4.69, 9.17) is 23.7 Å². The van der Waals surface area contributed by atoms with Crippen LogP contribution in [0, 0.1) is 6.92 Å². The highest BCUT2D eigenvalue weighted by Gasteiger charge is 2.40. The largest absolute Gasteiger partial charge is 0.490 e. The number of halogens is 5. The molecule has 74 heavy (non-hydrogen) atoms. The van der Waals surface area contributed by atoms with Crippen LogP contribution in [0.4, 0.5) is 18.0 Å². The molecule has 2 aromatic heterocycles. The molecule has 0 aliphatic rings. The van der Waals surface area contributed by atoms with Gasteiger partial charge in [0.15, 0.2) is 11.0 Å². The van der Waals surface area contributed by atoms with Crippen molar-refractivity contribution < 1.29 is 70.1 Å². The summed E-state index contributed by atoms with van der Waals surface area (Å²) < 4.78 is 70.9. The van der Waals surface area contributed by atoms with Gasteiger partial charge in [0.2, 0.25) is 6.41 Å². The quantitative estimate of drug-likeness (QED) is 0.0338. The summed E-state index contributed by atoms with van der Waals surface area (Å²) >= 11 is 7.08. The lowest BCUT2D eigenvalue weighted by molar-refractivity contribution is -0.676. The first kappa shape index (κ1) is 64.5. The van der Waals surface area contributed by atoms with E-state index < -0.39 is 23.8 Å². The molecule has 0 saturated carbocycles. The maximum Gasteiger partial charge on any atom is 0.490 e. The molecule has 0 unspecified atom stereocenters. The Bertz CT molecular complexity index is 2630. The number of imide groups is 1. The summed E-state index contributed by atoms with van der Waals surface area (Å²) in [6, 6.07) is 14.8. The third-order valence-electron chi connectivity index (χ3n) is 10.5. The molecule has 4 amide bonds. The van der Waals surface area contributed by atoms with E-state index in [1.165, 1.54) is 0 Å². The van der Waals surface area contributed by atoms with Crippen molar-refractivity contribution in [3.05, 3.63) is 85.8 Å². The van der Waals surface area contributed by atoms with Crippen LogP contribution in [0.5, 0.6) is 5.75 Å². The molecule has 0 atom stereocenters. The minimum Gasteiger partial charge on any atom is -0.489 e. The summed E-state index contributed by atoms with van der Waals surface area (Å²) in [5, 5.41) is 2.86. The van der Waals surface area contributed by atoms with Gasteiger partial charge >= 0.3 is 18.2 Å². The van der Waals surface area contributed by atoms with Crippen molar-refractivity contribution in [3.8, 4) is 5.75 Å². The van der Waals surface area contributed by atoms with Gasteiger partial charge in [0.1, 0.15) is 35.8 Å². The van der Waals surface area contributed by atoms with E-state index in [0.29, 0.717) is 95.4 Å². The number of carbonyl (C=O) groups excluding carboxylic acids is 5. The second kappa shape index (κ2) is 31.3. The van der Waals surface area contributed by atoms with Crippen molar-refractivity contribution in [1.82, 2.24) is 29.2 Å². The molecular weight excluding hydrogens is 1100 g/mol. The molecule has 0 aliphatic heterocycles.